The summed E-state index contributed by atoms with van der Waals surface area (Å²) in [7, 11) is 0. The van der Waals surface area contributed by atoms with Crippen molar-refractivity contribution in [3.63, 3.8) is 0 Å². The lowest BCUT2D eigenvalue weighted by atomic mass is 10.1. The Kier molecular flexibility index (Phi) is 6.95. The molecule has 0 aliphatic heterocycles. The maximum atomic E-state index is 12.7. The summed E-state index contributed by atoms with van der Waals surface area (Å²) in [6.45, 7) is 0. The summed E-state index contributed by atoms with van der Waals surface area (Å²) in [6.07, 6.45) is 1.47. The number of fused-ring (bicyclic) bond motifs is 1. The van der Waals surface area contributed by atoms with Crippen LogP contribution < -0.4 is 16.1 Å². The predicted molar refractivity (Wildman–Crippen MR) is 134 cm³/mol. The first kappa shape index (κ1) is 22.7. The second-order valence-corrected chi connectivity index (χ2v) is 7.66. The monoisotopic (exact) mass is 470 g/mol. The van der Waals surface area contributed by atoms with E-state index < -0.39 is 17.7 Å². The van der Waals surface area contributed by atoms with Gasteiger partial charge >= 0.3 is 11.8 Å². The first-order valence-corrected chi connectivity index (χ1v) is 10.7. The molecule has 4 rings (SSSR count). The Morgan fingerprint density at radius 1 is 0.735 bits per heavy atom. The number of carbonyl (C=O) groups is 3. The summed E-state index contributed by atoms with van der Waals surface area (Å²) in [5.41, 5.74) is 3.93. The lowest BCUT2D eigenvalue weighted by Crippen LogP contribution is -2.33. The number of halogens is 1. The molecule has 0 unspecified atom stereocenters. The Morgan fingerprint density at radius 2 is 1.44 bits per heavy atom. The minimum absolute atomic E-state index is 0.187. The number of nitrogens with zero attached hydrogens (tertiary/aromatic N) is 1. The molecule has 0 fully saturated rings. The molecule has 4 aromatic carbocycles. The van der Waals surface area contributed by atoms with Crippen molar-refractivity contribution in [2.75, 3.05) is 10.6 Å². The molecule has 0 aromatic heterocycles. The van der Waals surface area contributed by atoms with Crippen LogP contribution in [0.3, 0.4) is 0 Å². The van der Waals surface area contributed by atoms with Crippen molar-refractivity contribution in [3.8, 4) is 0 Å². The molecule has 4 aromatic rings. The quantitative estimate of drug-likeness (QED) is 0.221. The third-order valence-electron chi connectivity index (χ3n) is 4.92. The van der Waals surface area contributed by atoms with Crippen LogP contribution in [0, 0.1) is 0 Å². The average Bonchev–Trinajstić information content (AvgIpc) is 2.85. The van der Waals surface area contributed by atoms with E-state index in [1.807, 2.05) is 42.5 Å². The minimum atomic E-state index is -0.968. The number of nitrogens with one attached hydrogen (secondary N) is 3. The van der Waals surface area contributed by atoms with E-state index >= 15 is 0 Å². The van der Waals surface area contributed by atoms with Gasteiger partial charge in [0.05, 0.1) is 17.5 Å². The minimum Gasteiger partial charge on any atom is -0.322 e. The van der Waals surface area contributed by atoms with Crippen LogP contribution in [0.1, 0.15) is 15.9 Å². The number of rotatable bonds is 5. The van der Waals surface area contributed by atoms with Crippen molar-refractivity contribution in [1.29, 1.82) is 0 Å². The van der Waals surface area contributed by atoms with Gasteiger partial charge in [-0.05, 0) is 47.2 Å². The molecule has 0 aliphatic carbocycles. The van der Waals surface area contributed by atoms with E-state index in [1.165, 1.54) is 18.3 Å². The van der Waals surface area contributed by atoms with Gasteiger partial charge in [-0.25, -0.2) is 5.43 Å². The van der Waals surface area contributed by atoms with Gasteiger partial charge in [-0.2, -0.15) is 5.10 Å². The molecular weight excluding hydrogens is 452 g/mol. The second kappa shape index (κ2) is 10.4. The van der Waals surface area contributed by atoms with Gasteiger partial charge in [0.1, 0.15) is 0 Å². The number of carbonyl (C=O) groups excluding carboxylic acids is 3. The Balaban J connectivity index is 1.41. The van der Waals surface area contributed by atoms with Crippen LogP contribution >= 0.6 is 11.6 Å². The van der Waals surface area contributed by atoms with Crippen LogP contribution in [0.5, 0.6) is 0 Å². The average molecular weight is 471 g/mol. The summed E-state index contributed by atoms with van der Waals surface area (Å²) in [5.74, 6) is -2.38. The number of benzene rings is 4. The van der Waals surface area contributed by atoms with Crippen LogP contribution in [-0.4, -0.2) is 23.9 Å². The molecule has 34 heavy (non-hydrogen) atoms. The van der Waals surface area contributed by atoms with E-state index in [0.717, 1.165) is 16.3 Å². The fraction of sp³-hybridized carbons (Fsp3) is 0. The molecule has 0 atom stereocenters. The third-order valence-corrected chi connectivity index (χ3v) is 5.17. The summed E-state index contributed by atoms with van der Waals surface area (Å²) in [4.78, 5) is 37.3. The lowest BCUT2D eigenvalue weighted by Gasteiger charge is -2.11. The molecule has 168 valence electrons. The highest BCUT2D eigenvalue weighted by Gasteiger charge is 2.17. The largest absolute Gasteiger partial charge is 0.329 e. The van der Waals surface area contributed by atoms with Gasteiger partial charge in [0, 0.05) is 16.3 Å². The molecule has 0 radical (unpaired) electrons. The number of para-hydroxylation sites is 1. The molecule has 0 bridgehead atoms. The number of hydrazone groups is 1. The van der Waals surface area contributed by atoms with Gasteiger partial charge in [-0.3, -0.25) is 14.4 Å². The van der Waals surface area contributed by atoms with Crippen molar-refractivity contribution in [2.24, 2.45) is 5.10 Å². The standard InChI is InChI=1S/C26H19ClN4O3/c27-19-12-14-20(15-13-19)29-24(32)22-10-3-4-11-23(22)30-25(33)26(34)31-28-16-18-8-5-7-17-6-1-2-9-21(17)18/h1-16H,(H,29,32)(H,30,33)(H,31,34). The van der Waals surface area contributed by atoms with Crippen LogP contribution in [0.2, 0.25) is 5.02 Å². The van der Waals surface area contributed by atoms with Crippen LogP contribution in [0.25, 0.3) is 10.8 Å². The zero-order chi connectivity index (χ0) is 23.9. The molecular formula is C26H19ClN4O3. The highest BCUT2D eigenvalue weighted by atomic mass is 35.5. The number of anilines is 2. The molecule has 3 N–H and O–H groups in total. The Bertz CT molecular complexity index is 1400. The molecule has 3 amide bonds. The maximum Gasteiger partial charge on any atom is 0.329 e. The maximum absolute atomic E-state index is 12.7. The Labute approximate surface area is 200 Å². The van der Waals surface area contributed by atoms with Gasteiger partial charge in [0.2, 0.25) is 0 Å². The number of hydrogen-bond acceptors (Lipinski definition) is 4. The fourth-order valence-corrected chi connectivity index (χ4v) is 3.40. The highest BCUT2D eigenvalue weighted by molar-refractivity contribution is 6.40. The lowest BCUT2D eigenvalue weighted by molar-refractivity contribution is -0.136. The summed E-state index contributed by atoms with van der Waals surface area (Å²) in [5, 5.41) is 11.6. The van der Waals surface area contributed by atoms with E-state index in [9.17, 15) is 14.4 Å². The summed E-state index contributed by atoms with van der Waals surface area (Å²) >= 11 is 5.87. The van der Waals surface area contributed by atoms with Crippen LogP contribution in [-0.2, 0) is 9.59 Å². The van der Waals surface area contributed by atoms with E-state index in [0.29, 0.717) is 10.7 Å². The van der Waals surface area contributed by atoms with Crippen LogP contribution in [0.4, 0.5) is 11.4 Å². The molecule has 0 heterocycles. The van der Waals surface area contributed by atoms with Crippen molar-refractivity contribution in [3.05, 3.63) is 107 Å². The topological polar surface area (TPSA) is 99.7 Å². The van der Waals surface area contributed by atoms with Gasteiger partial charge in [0.15, 0.2) is 0 Å². The molecule has 0 aliphatic rings. The molecule has 0 saturated heterocycles. The third kappa shape index (κ3) is 5.46. The second-order valence-electron chi connectivity index (χ2n) is 7.23. The van der Waals surface area contributed by atoms with E-state index in [2.05, 4.69) is 21.2 Å². The summed E-state index contributed by atoms with van der Waals surface area (Å²) < 4.78 is 0. The zero-order valence-electron chi connectivity index (χ0n) is 17.8. The Hall–Kier alpha value is -4.49. The fourth-order valence-electron chi connectivity index (χ4n) is 3.28. The first-order valence-electron chi connectivity index (χ1n) is 10.3. The summed E-state index contributed by atoms with van der Waals surface area (Å²) in [6, 6.07) is 26.4. The molecule has 0 saturated carbocycles. The Morgan fingerprint density at radius 3 is 2.26 bits per heavy atom. The van der Waals surface area contributed by atoms with Crippen molar-refractivity contribution in [1.82, 2.24) is 5.43 Å². The molecule has 0 spiro atoms. The van der Waals surface area contributed by atoms with Gasteiger partial charge in [0.25, 0.3) is 5.91 Å². The van der Waals surface area contributed by atoms with E-state index in [4.69, 9.17) is 11.6 Å². The normalized spacial score (nSPS) is 10.7. The smallest absolute Gasteiger partial charge is 0.322 e. The van der Waals surface area contributed by atoms with Crippen molar-refractivity contribution < 1.29 is 14.4 Å². The SMILES string of the molecule is O=C(NN=Cc1cccc2ccccc12)C(=O)Nc1ccccc1C(=O)Nc1ccc(Cl)cc1. The predicted octanol–water partition coefficient (Wildman–Crippen LogP) is 4.83. The molecule has 7 nitrogen and oxygen atoms in total. The number of amides is 3. The van der Waals surface area contributed by atoms with E-state index in [1.54, 1.807) is 36.4 Å². The van der Waals surface area contributed by atoms with Crippen molar-refractivity contribution >= 4 is 57.7 Å². The highest BCUT2D eigenvalue weighted by Crippen LogP contribution is 2.19. The number of hydrogen-bond donors (Lipinski definition) is 3. The van der Waals surface area contributed by atoms with Gasteiger partial charge < -0.3 is 10.6 Å². The van der Waals surface area contributed by atoms with Gasteiger partial charge in [-0.15, -0.1) is 0 Å². The molecule has 8 heteroatoms. The van der Waals surface area contributed by atoms with E-state index in [-0.39, 0.29) is 11.3 Å². The van der Waals surface area contributed by atoms with Crippen molar-refractivity contribution in [2.45, 2.75) is 0 Å². The first-order chi connectivity index (χ1) is 16.5. The van der Waals surface area contributed by atoms with Gasteiger partial charge in [-0.1, -0.05) is 66.2 Å². The van der Waals surface area contributed by atoms with Crippen LogP contribution in [0.15, 0.2) is 96.1 Å². The zero-order valence-corrected chi connectivity index (χ0v) is 18.5.